The highest BCUT2D eigenvalue weighted by atomic mass is 16.5. The molecule has 4 nitrogen and oxygen atoms in total. The van der Waals surface area contributed by atoms with Crippen molar-refractivity contribution in [2.24, 2.45) is 5.84 Å². The van der Waals surface area contributed by atoms with Crippen molar-refractivity contribution in [1.82, 2.24) is 5.43 Å². The van der Waals surface area contributed by atoms with Crippen LogP contribution in [-0.4, -0.2) is 12.5 Å². The van der Waals surface area contributed by atoms with Crippen LogP contribution in [0.4, 0.5) is 0 Å². The van der Waals surface area contributed by atoms with E-state index in [-0.39, 0.29) is 5.91 Å². The van der Waals surface area contributed by atoms with Gasteiger partial charge < -0.3 is 4.74 Å². The summed E-state index contributed by atoms with van der Waals surface area (Å²) in [4.78, 5) is 11.2. The van der Waals surface area contributed by atoms with Gasteiger partial charge in [-0.1, -0.05) is 17.7 Å². The van der Waals surface area contributed by atoms with Crippen molar-refractivity contribution in [3.05, 3.63) is 47.5 Å². The molecule has 0 saturated heterocycles. The fourth-order valence-corrected chi connectivity index (χ4v) is 1.27. The first-order valence-electron chi connectivity index (χ1n) is 5.45. The lowest BCUT2D eigenvalue weighted by Crippen LogP contribution is -2.29. The van der Waals surface area contributed by atoms with Crippen molar-refractivity contribution >= 4 is 5.91 Å². The van der Waals surface area contributed by atoms with Crippen LogP contribution in [0.3, 0.4) is 0 Å². The lowest BCUT2D eigenvalue weighted by molar-refractivity contribution is 0.0953. The van der Waals surface area contributed by atoms with Crippen molar-refractivity contribution in [2.75, 3.05) is 6.61 Å². The summed E-state index contributed by atoms with van der Waals surface area (Å²) < 4.78 is 5.47. The van der Waals surface area contributed by atoms with Gasteiger partial charge in [0.25, 0.3) is 5.91 Å². The fraction of sp³-hybridized carbons (Fsp3) is 0.308. The first kappa shape index (κ1) is 13.4. The second kappa shape index (κ2) is 6.83. The number of nitrogens with one attached hydrogen (secondary N) is 1. The minimum atomic E-state index is -0.292. The molecule has 0 fully saturated rings. The van der Waals surface area contributed by atoms with Crippen LogP contribution in [0, 0.1) is 0 Å². The molecule has 1 aromatic carbocycles. The van der Waals surface area contributed by atoms with Gasteiger partial charge in [-0.25, -0.2) is 5.84 Å². The maximum Gasteiger partial charge on any atom is 0.265 e. The van der Waals surface area contributed by atoms with Crippen LogP contribution in [0.25, 0.3) is 0 Å². The first-order valence-corrected chi connectivity index (χ1v) is 5.45. The van der Waals surface area contributed by atoms with Crippen LogP contribution in [-0.2, 0) is 11.3 Å². The normalized spacial score (nSPS) is 10.0. The quantitative estimate of drug-likeness (QED) is 0.259. The number of nitrogen functional groups attached to an aromatic ring is 1. The molecule has 0 heterocycles. The highest BCUT2D eigenvalue weighted by Crippen LogP contribution is 2.06. The van der Waals surface area contributed by atoms with E-state index in [0.29, 0.717) is 18.8 Å². The number of amides is 1. The van der Waals surface area contributed by atoms with E-state index in [4.69, 9.17) is 10.6 Å². The molecule has 0 aliphatic heterocycles. The number of hydrogen-bond acceptors (Lipinski definition) is 3. The second-order valence-corrected chi connectivity index (χ2v) is 3.93. The summed E-state index contributed by atoms with van der Waals surface area (Å²) in [6, 6.07) is 7.15. The molecule has 0 radical (unpaired) electrons. The van der Waals surface area contributed by atoms with Gasteiger partial charge in [-0.3, -0.25) is 10.2 Å². The maximum atomic E-state index is 11.2. The van der Waals surface area contributed by atoms with Crippen LogP contribution in [0.5, 0.6) is 0 Å². The zero-order valence-corrected chi connectivity index (χ0v) is 10.0. The molecule has 1 amide bonds. The summed E-state index contributed by atoms with van der Waals surface area (Å²) in [7, 11) is 0. The van der Waals surface area contributed by atoms with E-state index in [9.17, 15) is 4.79 Å². The number of hydrazine groups is 1. The standard InChI is InChI=1S/C13H18N2O2/c1-10(2)7-8-17-9-11-3-5-12(6-4-11)13(16)15-14/h3-6H,1,7-9,14H2,2H3,(H,15,16). The molecule has 4 heteroatoms. The third-order valence-electron chi connectivity index (χ3n) is 2.29. The van der Waals surface area contributed by atoms with Crippen molar-refractivity contribution in [3.63, 3.8) is 0 Å². The summed E-state index contributed by atoms with van der Waals surface area (Å²) in [5, 5.41) is 0. The van der Waals surface area contributed by atoms with Gasteiger partial charge >= 0.3 is 0 Å². The van der Waals surface area contributed by atoms with E-state index in [1.807, 2.05) is 19.1 Å². The van der Waals surface area contributed by atoms with Gasteiger partial charge in [0.05, 0.1) is 13.2 Å². The van der Waals surface area contributed by atoms with Crippen molar-refractivity contribution in [3.8, 4) is 0 Å². The molecule has 0 spiro atoms. The first-order chi connectivity index (χ1) is 8.13. The fourth-order valence-electron chi connectivity index (χ4n) is 1.27. The molecule has 92 valence electrons. The smallest absolute Gasteiger partial charge is 0.265 e. The third-order valence-corrected chi connectivity index (χ3v) is 2.29. The van der Waals surface area contributed by atoms with Gasteiger partial charge in [0.15, 0.2) is 0 Å². The average Bonchev–Trinajstić information content (AvgIpc) is 2.34. The van der Waals surface area contributed by atoms with E-state index in [0.717, 1.165) is 17.6 Å². The summed E-state index contributed by atoms with van der Waals surface area (Å²) in [6.07, 6.45) is 0.869. The number of carbonyl (C=O) groups excluding carboxylic acids is 1. The van der Waals surface area contributed by atoms with E-state index in [1.165, 1.54) is 0 Å². The van der Waals surface area contributed by atoms with Crippen LogP contribution in [0.2, 0.25) is 0 Å². The van der Waals surface area contributed by atoms with Gasteiger partial charge in [-0.05, 0) is 31.0 Å². The van der Waals surface area contributed by atoms with Crippen molar-refractivity contribution in [2.45, 2.75) is 20.0 Å². The molecule has 1 rings (SSSR count). The van der Waals surface area contributed by atoms with E-state index < -0.39 is 0 Å². The van der Waals surface area contributed by atoms with E-state index in [2.05, 4.69) is 12.0 Å². The summed E-state index contributed by atoms with van der Waals surface area (Å²) in [6.45, 7) is 6.99. The summed E-state index contributed by atoms with van der Waals surface area (Å²) >= 11 is 0. The zero-order chi connectivity index (χ0) is 12.7. The zero-order valence-electron chi connectivity index (χ0n) is 10.0. The van der Waals surface area contributed by atoms with Gasteiger partial charge in [0.1, 0.15) is 0 Å². The molecular weight excluding hydrogens is 216 g/mol. The lowest BCUT2D eigenvalue weighted by Gasteiger charge is -2.05. The van der Waals surface area contributed by atoms with Gasteiger partial charge in [0, 0.05) is 5.56 Å². The SMILES string of the molecule is C=C(C)CCOCc1ccc(C(=O)NN)cc1. The molecule has 0 saturated carbocycles. The largest absolute Gasteiger partial charge is 0.376 e. The van der Waals surface area contributed by atoms with Crippen molar-refractivity contribution < 1.29 is 9.53 Å². The Kier molecular flexibility index (Phi) is 5.39. The van der Waals surface area contributed by atoms with Gasteiger partial charge in [0.2, 0.25) is 0 Å². The molecule has 0 aliphatic carbocycles. The Hall–Kier alpha value is -1.65. The molecule has 0 aliphatic rings. The third kappa shape index (κ3) is 4.80. The molecule has 0 atom stereocenters. The summed E-state index contributed by atoms with van der Waals surface area (Å²) in [5.41, 5.74) is 4.76. The Morgan fingerprint density at radius 1 is 1.41 bits per heavy atom. The van der Waals surface area contributed by atoms with Gasteiger partial charge in [-0.2, -0.15) is 0 Å². The Morgan fingerprint density at radius 3 is 2.59 bits per heavy atom. The van der Waals surface area contributed by atoms with E-state index >= 15 is 0 Å². The Morgan fingerprint density at radius 2 is 2.06 bits per heavy atom. The summed E-state index contributed by atoms with van der Waals surface area (Å²) in [5.74, 6) is 4.74. The minimum Gasteiger partial charge on any atom is -0.376 e. The molecule has 3 N–H and O–H groups in total. The highest BCUT2D eigenvalue weighted by Gasteiger charge is 2.02. The number of carbonyl (C=O) groups is 1. The molecule has 0 unspecified atom stereocenters. The van der Waals surface area contributed by atoms with Crippen LogP contribution >= 0.6 is 0 Å². The van der Waals surface area contributed by atoms with Crippen LogP contribution in [0.15, 0.2) is 36.4 Å². The van der Waals surface area contributed by atoms with Crippen LogP contribution in [0.1, 0.15) is 29.3 Å². The number of nitrogens with two attached hydrogens (primary N) is 1. The monoisotopic (exact) mass is 234 g/mol. The van der Waals surface area contributed by atoms with E-state index in [1.54, 1.807) is 12.1 Å². The number of ether oxygens (including phenoxy) is 1. The Balaban J connectivity index is 2.40. The van der Waals surface area contributed by atoms with Gasteiger partial charge in [-0.15, -0.1) is 6.58 Å². The van der Waals surface area contributed by atoms with Crippen LogP contribution < -0.4 is 11.3 Å². The highest BCUT2D eigenvalue weighted by molar-refractivity contribution is 5.93. The maximum absolute atomic E-state index is 11.2. The second-order valence-electron chi connectivity index (χ2n) is 3.93. The predicted molar refractivity (Wildman–Crippen MR) is 67.2 cm³/mol. The topological polar surface area (TPSA) is 64.3 Å². The number of rotatable bonds is 6. The lowest BCUT2D eigenvalue weighted by atomic mass is 10.1. The molecule has 1 aromatic rings. The molecule has 0 aromatic heterocycles. The molecule has 0 bridgehead atoms. The predicted octanol–water partition coefficient (Wildman–Crippen LogP) is 1.77. The number of benzene rings is 1. The molecular formula is C13H18N2O2. The average molecular weight is 234 g/mol. The molecule has 17 heavy (non-hydrogen) atoms. The number of hydrogen-bond donors (Lipinski definition) is 2. The van der Waals surface area contributed by atoms with Crippen molar-refractivity contribution in [1.29, 1.82) is 0 Å². The minimum absolute atomic E-state index is 0.292. The Labute approximate surface area is 101 Å². The Bertz CT molecular complexity index is 385.